The van der Waals surface area contributed by atoms with E-state index in [1.54, 1.807) is 0 Å². The minimum atomic E-state index is -1.20. The van der Waals surface area contributed by atoms with Crippen molar-refractivity contribution < 1.29 is 18.0 Å². The first kappa shape index (κ1) is 13.9. The summed E-state index contributed by atoms with van der Waals surface area (Å²) in [5.41, 5.74) is 0.0431. The standard InChI is InChI=1S/C13H15F3N2O/c14-10-6-12(16)11(15)5-8(10)7-17-4-3-13(19)18-9-1-2-9/h5-6,9,17H,1-4,7H2,(H,18,19). The van der Waals surface area contributed by atoms with Crippen LogP contribution in [-0.4, -0.2) is 18.5 Å². The third kappa shape index (κ3) is 4.24. The molecule has 3 nitrogen and oxygen atoms in total. The van der Waals surface area contributed by atoms with Crippen LogP contribution in [0.3, 0.4) is 0 Å². The van der Waals surface area contributed by atoms with Gasteiger partial charge in [-0.25, -0.2) is 13.2 Å². The topological polar surface area (TPSA) is 41.1 Å². The summed E-state index contributed by atoms with van der Waals surface area (Å²) in [6.07, 6.45) is 2.33. The molecule has 6 heteroatoms. The lowest BCUT2D eigenvalue weighted by atomic mass is 10.2. The summed E-state index contributed by atoms with van der Waals surface area (Å²) in [6.45, 7) is 0.413. The monoisotopic (exact) mass is 272 g/mol. The van der Waals surface area contributed by atoms with E-state index in [-0.39, 0.29) is 24.4 Å². The first-order valence-corrected chi connectivity index (χ1v) is 6.20. The molecule has 1 aliphatic rings. The second-order valence-electron chi connectivity index (χ2n) is 4.63. The van der Waals surface area contributed by atoms with Crippen LogP contribution in [-0.2, 0) is 11.3 Å². The Balaban J connectivity index is 1.72. The third-order valence-corrected chi connectivity index (χ3v) is 2.88. The summed E-state index contributed by atoms with van der Waals surface area (Å²) in [7, 11) is 0. The molecule has 104 valence electrons. The van der Waals surface area contributed by atoms with E-state index in [9.17, 15) is 18.0 Å². The molecule has 1 fully saturated rings. The van der Waals surface area contributed by atoms with Crippen molar-refractivity contribution in [2.75, 3.05) is 6.54 Å². The van der Waals surface area contributed by atoms with Gasteiger partial charge in [-0.15, -0.1) is 0 Å². The fourth-order valence-corrected chi connectivity index (χ4v) is 1.65. The summed E-state index contributed by atoms with van der Waals surface area (Å²) >= 11 is 0. The van der Waals surface area contributed by atoms with Gasteiger partial charge in [-0.1, -0.05) is 0 Å². The quantitative estimate of drug-likeness (QED) is 0.613. The van der Waals surface area contributed by atoms with Crippen molar-refractivity contribution in [3.8, 4) is 0 Å². The summed E-state index contributed by atoms with van der Waals surface area (Å²) in [6, 6.07) is 1.66. The van der Waals surface area contributed by atoms with Crippen LogP contribution in [0.25, 0.3) is 0 Å². The van der Waals surface area contributed by atoms with Gasteiger partial charge in [0.25, 0.3) is 0 Å². The Bertz CT molecular complexity index is 475. The molecular weight excluding hydrogens is 257 g/mol. The summed E-state index contributed by atoms with van der Waals surface area (Å²) in [5, 5.41) is 5.64. The van der Waals surface area contributed by atoms with Gasteiger partial charge in [0.1, 0.15) is 5.82 Å². The molecule has 0 bridgehead atoms. The summed E-state index contributed by atoms with van der Waals surface area (Å²) < 4.78 is 38.9. The molecule has 0 atom stereocenters. The number of nitrogens with one attached hydrogen (secondary N) is 2. The molecular formula is C13H15F3N2O. The minimum absolute atomic E-state index is 0.0431. The van der Waals surface area contributed by atoms with Gasteiger partial charge in [-0.2, -0.15) is 0 Å². The molecule has 1 aliphatic carbocycles. The molecule has 0 radical (unpaired) electrons. The molecule has 1 amide bonds. The Kier molecular flexibility index (Phi) is 4.42. The van der Waals surface area contributed by atoms with E-state index >= 15 is 0 Å². The Morgan fingerprint density at radius 2 is 1.84 bits per heavy atom. The van der Waals surface area contributed by atoms with Crippen LogP contribution in [0.5, 0.6) is 0 Å². The fraction of sp³-hybridized carbons (Fsp3) is 0.462. The number of rotatable bonds is 6. The number of benzene rings is 1. The maximum atomic E-state index is 13.3. The average Bonchev–Trinajstić information content (AvgIpc) is 3.14. The van der Waals surface area contributed by atoms with E-state index in [0.29, 0.717) is 18.7 Å². The molecule has 2 rings (SSSR count). The summed E-state index contributed by atoms with van der Waals surface area (Å²) in [5.74, 6) is -3.13. The van der Waals surface area contributed by atoms with Gasteiger partial charge >= 0.3 is 0 Å². The SMILES string of the molecule is O=C(CCNCc1cc(F)c(F)cc1F)NC1CC1. The maximum absolute atomic E-state index is 13.3. The van der Waals surface area contributed by atoms with Gasteiger partial charge in [0.15, 0.2) is 11.6 Å². The highest BCUT2D eigenvalue weighted by molar-refractivity contribution is 5.76. The lowest BCUT2D eigenvalue weighted by Gasteiger charge is -2.07. The van der Waals surface area contributed by atoms with Crippen molar-refractivity contribution in [1.82, 2.24) is 10.6 Å². The van der Waals surface area contributed by atoms with Crippen molar-refractivity contribution in [2.24, 2.45) is 0 Å². The van der Waals surface area contributed by atoms with Gasteiger partial charge in [-0.05, 0) is 18.9 Å². The maximum Gasteiger partial charge on any atom is 0.221 e. The van der Waals surface area contributed by atoms with Crippen LogP contribution < -0.4 is 10.6 Å². The predicted molar refractivity (Wildman–Crippen MR) is 63.8 cm³/mol. The Hall–Kier alpha value is -1.56. The van der Waals surface area contributed by atoms with Gasteiger partial charge in [0.05, 0.1) is 0 Å². The zero-order valence-corrected chi connectivity index (χ0v) is 10.3. The van der Waals surface area contributed by atoms with Crippen LogP contribution in [0.2, 0.25) is 0 Å². The number of halogens is 3. The van der Waals surface area contributed by atoms with E-state index in [0.717, 1.165) is 18.9 Å². The molecule has 0 heterocycles. The highest BCUT2D eigenvalue weighted by Crippen LogP contribution is 2.18. The molecule has 0 unspecified atom stereocenters. The largest absolute Gasteiger partial charge is 0.353 e. The zero-order valence-electron chi connectivity index (χ0n) is 10.3. The number of hydrogen-bond donors (Lipinski definition) is 2. The first-order valence-electron chi connectivity index (χ1n) is 6.20. The number of carbonyl (C=O) groups is 1. The van der Waals surface area contributed by atoms with Crippen molar-refractivity contribution >= 4 is 5.91 Å². The van der Waals surface area contributed by atoms with E-state index in [4.69, 9.17) is 0 Å². The Morgan fingerprint density at radius 3 is 2.53 bits per heavy atom. The first-order chi connectivity index (χ1) is 9.06. The molecule has 1 aromatic rings. The van der Waals surface area contributed by atoms with Gasteiger partial charge in [0, 0.05) is 37.2 Å². The smallest absolute Gasteiger partial charge is 0.221 e. The van der Waals surface area contributed by atoms with Crippen LogP contribution in [0.15, 0.2) is 12.1 Å². The van der Waals surface area contributed by atoms with Gasteiger partial charge in [0.2, 0.25) is 5.91 Å². The Labute approximate surface area is 109 Å². The Morgan fingerprint density at radius 1 is 1.16 bits per heavy atom. The molecule has 1 saturated carbocycles. The lowest BCUT2D eigenvalue weighted by Crippen LogP contribution is -2.29. The zero-order chi connectivity index (χ0) is 13.8. The summed E-state index contributed by atoms with van der Waals surface area (Å²) in [4.78, 5) is 11.3. The molecule has 0 spiro atoms. The lowest BCUT2D eigenvalue weighted by molar-refractivity contribution is -0.121. The van der Waals surface area contributed by atoms with Crippen LogP contribution in [0.4, 0.5) is 13.2 Å². The highest BCUT2D eigenvalue weighted by Gasteiger charge is 2.22. The normalized spacial score (nSPS) is 14.5. The number of amides is 1. The van der Waals surface area contributed by atoms with Crippen LogP contribution in [0, 0.1) is 17.5 Å². The third-order valence-electron chi connectivity index (χ3n) is 2.88. The predicted octanol–water partition coefficient (Wildman–Crippen LogP) is 1.86. The second-order valence-corrected chi connectivity index (χ2v) is 4.63. The van der Waals surface area contributed by atoms with Crippen molar-refractivity contribution in [2.45, 2.75) is 31.8 Å². The minimum Gasteiger partial charge on any atom is -0.353 e. The average molecular weight is 272 g/mol. The molecule has 0 saturated heterocycles. The van der Waals surface area contributed by atoms with E-state index in [1.807, 2.05) is 0 Å². The molecule has 19 heavy (non-hydrogen) atoms. The van der Waals surface area contributed by atoms with Crippen molar-refractivity contribution in [3.05, 3.63) is 35.1 Å². The number of hydrogen-bond acceptors (Lipinski definition) is 2. The van der Waals surface area contributed by atoms with Crippen molar-refractivity contribution in [1.29, 1.82) is 0 Å². The second kappa shape index (κ2) is 6.06. The van der Waals surface area contributed by atoms with Crippen LogP contribution >= 0.6 is 0 Å². The van der Waals surface area contributed by atoms with E-state index < -0.39 is 17.5 Å². The number of carbonyl (C=O) groups excluding carboxylic acids is 1. The fourth-order valence-electron chi connectivity index (χ4n) is 1.65. The molecule has 0 aromatic heterocycles. The van der Waals surface area contributed by atoms with E-state index in [2.05, 4.69) is 10.6 Å². The van der Waals surface area contributed by atoms with Crippen LogP contribution in [0.1, 0.15) is 24.8 Å². The molecule has 2 N–H and O–H groups in total. The van der Waals surface area contributed by atoms with Gasteiger partial charge in [-0.3, -0.25) is 4.79 Å². The van der Waals surface area contributed by atoms with Crippen molar-refractivity contribution in [3.63, 3.8) is 0 Å². The highest BCUT2D eigenvalue weighted by atomic mass is 19.2. The van der Waals surface area contributed by atoms with E-state index in [1.165, 1.54) is 0 Å². The van der Waals surface area contributed by atoms with Gasteiger partial charge < -0.3 is 10.6 Å². The molecule has 0 aliphatic heterocycles. The molecule has 1 aromatic carbocycles.